The van der Waals surface area contributed by atoms with Crippen LogP contribution in [0.1, 0.15) is 72.1 Å². The highest BCUT2D eigenvalue weighted by atomic mass is 17.3. The molecule has 8 atom stereocenters. The highest BCUT2D eigenvalue weighted by molar-refractivity contribution is 5.81. The number of fused-ring (bicyclic) bond motifs is 2. The maximum Gasteiger partial charge on any atom is 0.308 e. The first-order valence-corrected chi connectivity index (χ1v) is 13.7. The molecule has 0 aromatic heterocycles. The van der Waals surface area contributed by atoms with Crippen molar-refractivity contribution in [3.05, 3.63) is 0 Å². The van der Waals surface area contributed by atoms with Crippen molar-refractivity contribution in [2.24, 2.45) is 23.7 Å². The molecule has 0 aromatic rings. The number of carbonyl (C=O) groups excluding carboxylic acids is 2. The maximum absolute atomic E-state index is 12.8. The number of hydrogen-bond donors (Lipinski definition) is 0. The minimum absolute atomic E-state index is 0.0123. The van der Waals surface area contributed by atoms with Crippen molar-refractivity contribution in [2.75, 3.05) is 26.3 Å². The first-order valence-electron chi connectivity index (χ1n) is 13.7. The van der Waals surface area contributed by atoms with Gasteiger partial charge in [0.15, 0.2) is 17.7 Å². The molecular weight excluding hydrogens is 470 g/mol. The molecule has 1 saturated carbocycles. The third-order valence-corrected chi connectivity index (χ3v) is 9.58. The van der Waals surface area contributed by atoms with Gasteiger partial charge in [-0.15, -0.1) is 0 Å². The van der Waals surface area contributed by atoms with Crippen LogP contribution >= 0.6 is 0 Å². The Bertz CT molecular complexity index is 867. The van der Waals surface area contributed by atoms with Gasteiger partial charge in [-0.2, -0.15) is 0 Å². The summed E-state index contributed by atoms with van der Waals surface area (Å²) in [4.78, 5) is 39.3. The lowest BCUT2D eigenvalue weighted by molar-refractivity contribution is -0.576. The first kappa shape index (κ1) is 25.0. The zero-order valence-corrected chi connectivity index (χ0v) is 21.6. The molecule has 6 saturated heterocycles. The number of likely N-dealkylation sites (tertiary alicyclic amines) is 1. The minimum Gasteiger partial charge on any atom is -0.435 e. The van der Waals surface area contributed by atoms with Crippen LogP contribution in [0, 0.1) is 23.7 Å². The zero-order valence-electron chi connectivity index (χ0n) is 21.6. The predicted octanol–water partition coefficient (Wildman–Crippen LogP) is 2.88. The summed E-state index contributed by atoms with van der Waals surface area (Å²) >= 11 is 0. The number of hydrogen-bond acceptors (Lipinski definition) is 9. The van der Waals surface area contributed by atoms with Crippen molar-refractivity contribution in [2.45, 2.75) is 102 Å². The standard InChI is InChI=1S/C26H39NO9/c1-16-4-5-19-17(2)22(33-23-26(19)18(16)8-9-24(3,34-23)35-36-26)32-21(29)7-6-20(28)27-12-10-25(11-13-27)30-14-15-31-25/h16-19,22-23H,4-15H2,1-3H3/t16-,17-,18-,19+,22-,23-,24-,26-/m1/s1. The van der Waals surface area contributed by atoms with Crippen molar-refractivity contribution in [1.29, 1.82) is 0 Å². The van der Waals surface area contributed by atoms with Crippen molar-refractivity contribution in [3.63, 3.8) is 0 Å². The number of ether oxygens (including phenoxy) is 5. The van der Waals surface area contributed by atoms with Gasteiger partial charge < -0.3 is 28.6 Å². The van der Waals surface area contributed by atoms with Crippen LogP contribution in [0.4, 0.5) is 0 Å². The molecule has 6 heterocycles. The van der Waals surface area contributed by atoms with Gasteiger partial charge in [0, 0.05) is 50.6 Å². The van der Waals surface area contributed by atoms with E-state index in [0.29, 0.717) is 45.1 Å². The summed E-state index contributed by atoms with van der Waals surface area (Å²) < 4.78 is 29.9. The summed E-state index contributed by atoms with van der Waals surface area (Å²) in [6, 6.07) is 0. The lowest BCUT2D eigenvalue weighted by Crippen LogP contribution is -2.70. The topological polar surface area (TPSA) is 102 Å². The summed E-state index contributed by atoms with van der Waals surface area (Å²) in [5.74, 6) is -1.17. The molecule has 7 rings (SSSR count). The number of amides is 1. The van der Waals surface area contributed by atoms with E-state index in [-0.39, 0.29) is 36.5 Å². The van der Waals surface area contributed by atoms with Crippen LogP contribution in [0.2, 0.25) is 0 Å². The van der Waals surface area contributed by atoms with E-state index in [9.17, 15) is 9.59 Å². The Morgan fingerprint density at radius 2 is 1.69 bits per heavy atom. The highest BCUT2D eigenvalue weighted by Crippen LogP contribution is 2.60. The fourth-order valence-electron chi connectivity index (χ4n) is 7.44. The second-order valence-corrected chi connectivity index (χ2v) is 11.8. The first-order chi connectivity index (χ1) is 17.2. The zero-order chi connectivity index (χ0) is 25.1. The van der Waals surface area contributed by atoms with Gasteiger partial charge in [0.2, 0.25) is 18.0 Å². The van der Waals surface area contributed by atoms with Gasteiger partial charge in [0.05, 0.1) is 19.6 Å². The van der Waals surface area contributed by atoms with Crippen LogP contribution in [0.15, 0.2) is 0 Å². The van der Waals surface area contributed by atoms with E-state index in [4.69, 9.17) is 33.5 Å². The lowest BCUT2D eigenvalue weighted by atomic mass is 9.58. The second-order valence-electron chi connectivity index (χ2n) is 11.8. The van der Waals surface area contributed by atoms with Gasteiger partial charge in [0.1, 0.15) is 0 Å². The third-order valence-electron chi connectivity index (χ3n) is 9.58. The summed E-state index contributed by atoms with van der Waals surface area (Å²) in [6.45, 7) is 8.53. The molecule has 36 heavy (non-hydrogen) atoms. The third kappa shape index (κ3) is 4.08. The van der Waals surface area contributed by atoms with E-state index in [1.165, 1.54) is 0 Å². The lowest BCUT2D eigenvalue weighted by Gasteiger charge is -2.59. The molecule has 10 heteroatoms. The van der Waals surface area contributed by atoms with E-state index in [2.05, 4.69) is 6.92 Å². The Morgan fingerprint density at radius 3 is 2.44 bits per heavy atom. The predicted molar refractivity (Wildman–Crippen MR) is 123 cm³/mol. The molecule has 2 spiro atoms. The molecule has 202 valence electrons. The SMILES string of the molecule is C[C@H]1[C@H](OC(=O)CCC(=O)N2CCC3(CC2)OCCO3)O[C@@H]2O[C@@]3(C)CC[C@@H]4[C@H](C)CC[C@@H]1[C@@]24OO3. The molecule has 1 aliphatic carbocycles. The van der Waals surface area contributed by atoms with Crippen LogP contribution in [0.25, 0.3) is 0 Å². The fourth-order valence-corrected chi connectivity index (χ4v) is 7.44. The van der Waals surface area contributed by atoms with Crippen LogP contribution in [-0.4, -0.2) is 72.8 Å². The molecule has 2 bridgehead atoms. The normalized spacial score (nSPS) is 45.2. The van der Waals surface area contributed by atoms with Gasteiger partial charge in [-0.25, -0.2) is 9.78 Å². The molecule has 7 fully saturated rings. The van der Waals surface area contributed by atoms with E-state index in [0.717, 1.165) is 25.7 Å². The number of nitrogens with zero attached hydrogens (tertiary/aromatic N) is 1. The average molecular weight is 510 g/mol. The molecule has 0 aromatic carbocycles. The summed E-state index contributed by atoms with van der Waals surface area (Å²) in [5.41, 5.74) is -0.690. The van der Waals surface area contributed by atoms with Crippen LogP contribution < -0.4 is 0 Å². The maximum atomic E-state index is 12.8. The van der Waals surface area contributed by atoms with Gasteiger partial charge in [-0.1, -0.05) is 13.8 Å². The van der Waals surface area contributed by atoms with Crippen molar-refractivity contribution in [3.8, 4) is 0 Å². The second kappa shape index (κ2) is 9.17. The Labute approximate surface area is 212 Å². The Hall–Kier alpha value is -1.30. The van der Waals surface area contributed by atoms with Crippen molar-refractivity contribution >= 4 is 11.9 Å². The van der Waals surface area contributed by atoms with Crippen molar-refractivity contribution in [1.82, 2.24) is 4.90 Å². The van der Waals surface area contributed by atoms with Crippen LogP contribution in [-0.2, 0) is 43.0 Å². The molecule has 0 radical (unpaired) electrons. The summed E-state index contributed by atoms with van der Waals surface area (Å²) in [6.07, 6.45) is 3.71. The largest absolute Gasteiger partial charge is 0.435 e. The average Bonchev–Trinajstić information content (AvgIpc) is 3.19. The van der Waals surface area contributed by atoms with Gasteiger partial charge in [0.25, 0.3) is 0 Å². The summed E-state index contributed by atoms with van der Waals surface area (Å²) in [5, 5.41) is 0. The molecule has 0 unspecified atom stereocenters. The fraction of sp³-hybridized carbons (Fsp3) is 0.923. The molecular formula is C26H39NO9. The van der Waals surface area contributed by atoms with Gasteiger partial charge in [-0.3, -0.25) is 9.59 Å². The van der Waals surface area contributed by atoms with Gasteiger partial charge >= 0.3 is 5.97 Å². The smallest absolute Gasteiger partial charge is 0.308 e. The van der Waals surface area contributed by atoms with Crippen LogP contribution in [0.5, 0.6) is 0 Å². The van der Waals surface area contributed by atoms with Crippen LogP contribution in [0.3, 0.4) is 0 Å². The Balaban J connectivity index is 1.06. The number of piperidine rings is 1. The van der Waals surface area contributed by atoms with Crippen molar-refractivity contribution < 1.29 is 43.0 Å². The molecule has 7 aliphatic rings. The Kier molecular flexibility index (Phi) is 6.37. The molecule has 10 nitrogen and oxygen atoms in total. The molecule has 0 N–H and O–H groups in total. The quantitative estimate of drug-likeness (QED) is 0.418. The number of rotatable bonds is 4. The van der Waals surface area contributed by atoms with E-state index >= 15 is 0 Å². The number of esters is 1. The minimum atomic E-state index is -0.874. The number of carbonyl (C=O) groups is 2. The van der Waals surface area contributed by atoms with E-state index < -0.39 is 35.7 Å². The molecule has 1 amide bonds. The Morgan fingerprint density at radius 1 is 0.944 bits per heavy atom. The highest BCUT2D eigenvalue weighted by Gasteiger charge is 2.69. The van der Waals surface area contributed by atoms with Gasteiger partial charge in [-0.05, 0) is 38.0 Å². The van der Waals surface area contributed by atoms with E-state index in [1.54, 1.807) is 4.90 Å². The summed E-state index contributed by atoms with van der Waals surface area (Å²) in [7, 11) is 0. The van der Waals surface area contributed by atoms with E-state index in [1.807, 2.05) is 13.8 Å². The monoisotopic (exact) mass is 509 g/mol. The molecule has 6 aliphatic heterocycles.